The fraction of sp³-hybridized carbons (Fsp3) is 0.174. The Morgan fingerprint density at radius 3 is 2.38 bits per heavy atom. The van der Waals surface area contributed by atoms with Crippen molar-refractivity contribution < 1.29 is 14.3 Å². The topological polar surface area (TPSA) is 91.6 Å². The number of ether oxygens (including phenoxy) is 2. The van der Waals surface area contributed by atoms with Crippen molar-refractivity contribution >= 4 is 33.1 Å². The fourth-order valence-electron chi connectivity index (χ4n) is 3.49. The van der Waals surface area contributed by atoms with Crippen LogP contribution in [0.2, 0.25) is 0 Å². The minimum absolute atomic E-state index is 0.266. The van der Waals surface area contributed by atoms with E-state index in [-0.39, 0.29) is 6.54 Å². The molecule has 0 atom stereocenters. The van der Waals surface area contributed by atoms with Gasteiger partial charge < -0.3 is 14.8 Å². The summed E-state index contributed by atoms with van der Waals surface area (Å²) in [7, 11) is 3.03. The molecule has 0 bridgehead atoms. The third-order valence-corrected chi connectivity index (χ3v) is 5.94. The molecule has 0 aliphatic carbocycles. The molecule has 0 saturated carbocycles. The van der Waals surface area contributed by atoms with Gasteiger partial charge in [-0.2, -0.15) is 0 Å². The van der Waals surface area contributed by atoms with Crippen LogP contribution in [0.25, 0.3) is 15.9 Å². The largest absolute Gasteiger partial charge is 0.497 e. The standard InChI is InChI=1S/C23H21N3O5S/c1-14-6-4-5-7-18(14)26-22(28)21-19(8-9-32-21)25(23(26)29)13-20(27)24-15-10-16(30-2)12-17(11-15)31-3/h4-12H,13H2,1-3H3,(H,24,27). The van der Waals surface area contributed by atoms with Crippen LogP contribution in [-0.4, -0.2) is 29.3 Å². The smallest absolute Gasteiger partial charge is 0.336 e. The number of methoxy groups -OCH3 is 2. The Bertz CT molecular complexity index is 1410. The number of aryl methyl sites for hydroxylation is 1. The van der Waals surface area contributed by atoms with Gasteiger partial charge >= 0.3 is 5.69 Å². The zero-order valence-corrected chi connectivity index (χ0v) is 18.6. The lowest BCUT2D eigenvalue weighted by molar-refractivity contribution is -0.116. The van der Waals surface area contributed by atoms with Gasteiger partial charge in [-0.05, 0) is 30.0 Å². The molecule has 9 heteroatoms. The van der Waals surface area contributed by atoms with Crippen LogP contribution in [0.15, 0.2) is 63.5 Å². The molecule has 4 aromatic rings. The highest BCUT2D eigenvalue weighted by atomic mass is 32.1. The van der Waals surface area contributed by atoms with Crippen LogP contribution in [0.4, 0.5) is 5.69 Å². The summed E-state index contributed by atoms with van der Waals surface area (Å²) in [6, 6.07) is 13.8. The van der Waals surface area contributed by atoms with Crippen molar-refractivity contribution in [3.05, 3.63) is 80.3 Å². The molecule has 2 aromatic carbocycles. The van der Waals surface area contributed by atoms with E-state index in [4.69, 9.17) is 9.47 Å². The van der Waals surface area contributed by atoms with Crippen LogP contribution in [0.3, 0.4) is 0 Å². The molecule has 0 aliphatic heterocycles. The third kappa shape index (κ3) is 3.90. The minimum Gasteiger partial charge on any atom is -0.497 e. The number of fused-ring (bicyclic) bond motifs is 1. The van der Waals surface area contributed by atoms with Gasteiger partial charge in [-0.3, -0.25) is 14.2 Å². The van der Waals surface area contributed by atoms with Crippen LogP contribution in [0, 0.1) is 6.92 Å². The normalized spacial score (nSPS) is 10.8. The summed E-state index contributed by atoms with van der Waals surface area (Å²) in [5.41, 5.74) is 1.19. The van der Waals surface area contributed by atoms with Gasteiger partial charge in [-0.25, -0.2) is 9.36 Å². The summed E-state index contributed by atoms with van der Waals surface area (Å²) in [4.78, 5) is 39.3. The summed E-state index contributed by atoms with van der Waals surface area (Å²) in [6.07, 6.45) is 0. The molecule has 0 unspecified atom stereocenters. The van der Waals surface area contributed by atoms with E-state index in [1.165, 1.54) is 30.1 Å². The number of anilines is 1. The molecular formula is C23H21N3O5S. The van der Waals surface area contributed by atoms with Crippen LogP contribution in [0.5, 0.6) is 11.5 Å². The van der Waals surface area contributed by atoms with E-state index >= 15 is 0 Å². The number of thiophene rings is 1. The lowest BCUT2D eigenvalue weighted by atomic mass is 10.2. The van der Waals surface area contributed by atoms with Gasteiger partial charge in [0.2, 0.25) is 5.91 Å². The monoisotopic (exact) mass is 451 g/mol. The highest BCUT2D eigenvalue weighted by Crippen LogP contribution is 2.26. The van der Waals surface area contributed by atoms with Crippen LogP contribution >= 0.6 is 11.3 Å². The van der Waals surface area contributed by atoms with Gasteiger partial charge in [0.15, 0.2) is 0 Å². The van der Waals surface area contributed by atoms with Crippen molar-refractivity contribution in [1.82, 2.24) is 9.13 Å². The second-order valence-corrected chi connectivity index (χ2v) is 8.00. The molecule has 32 heavy (non-hydrogen) atoms. The van der Waals surface area contributed by atoms with E-state index in [2.05, 4.69) is 5.32 Å². The minimum atomic E-state index is -0.575. The molecule has 4 rings (SSSR count). The SMILES string of the molecule is COc1cc(NC(=O)Cn2c(=O)n(-c3ccccc3C)c(=O)c3sccc32)cc(OC)c1. The first kappa shape index (κ1) is 21.4. The number of hydrogen-bond acceptors (Lipinski definition) is 6. The fourth-order valence-corrected chi connectivity index (χ4v) is 4.31. The molecule has 164 valence electrons. The van der Waals surface area contributed by atoms with E-state index < -0.39 is 17.2 Å². The Morgan fingerprint density at radius 2 is 1.72 bits per heavy atom. The van der Waals surface area contributed by atoms with Gasteiger partial charge in [-0.1, -0.05) is 18.2 Å². The molecule has 8 nitrogen and oxygen atoms in total. The number of carbonyl (C=O) groups excluding carboxylic acids is 1. The van der Waals surface area contributed by atoms with Crippen molar-refractivity contribution in [2.24, 2.45) is 0 Å². The number of benzene rings is 2. The Morgan fingerprint density at radius 1 is 1.03 bits per heavy atom. The first-order chi connectivity index (χ1) is 15.4. The maximum atomic E-state index is 13.4. The van der Waals surface area contributed by atoms with Crippen molar-refractivity contribution in [3.8, 4) is 17.2 Å². The Hall–Kier alpha value is -3.85. The first-order valence-corrected chi connectivity index (χ1v) is 10.6. The number of nitrogens with one attached hydrogen (secondary N) is 1. The number of carbonyl (C=O) groups is 1. The predicted octanol–water partition coefficient (Wildman–Crippen LogP) is 3.18. The maximum Gasteiger partial charge on any atom is 0.336 e. The van der Waals surface area contributed by atoms with Gasteiger partial charge in [0.05, 0.1) is 25.4 Å². The Balaban J connectivity index is 1.76. The third-order valence-electron chi connectivity index (χ3n) is 5.05. The number of rotatable bonds is 6. The van der Waals surface area contributed by atoms with Crippen LogP contribution < -0.4 is 26.0 Å². The molecule has 0 spiro atoms. The summed E-state index contributed by atoms with van der Waals surface area (Å²) < 4.78 is 13.3. The molecule has 1 N–H and O–H groups in total. The Kier molecular flexibility index (Phi) is 5.83. The zero-order chi connectivity index (χ0) is 22.8. The summed E-state index contributed by atoms with van der Waals surface area (Å²) >= 11 is 1.23. The van der Waals surface area contributed by atoms with E-state index in [1.54, 1.807) is 41.8 Å². The molecular weight excluding hydrogens is 430 g/mol. The molecule has 0 fully saturated rings. The van der Waals surface area contributed by atoms with Crippen molar-refractivity contribution in [2.75, 3.05) is 19.5 Å². The van der Waals surface area contributed by atoms with Crippen molar-refractivity contribution in [2.45, 2.75) is 13.5 Å². The lowest BCUT2D eigenvalue weighted by Gasteiger charge is -2.14. The number of para-hydroxylation sites is 1. The quantitative estimate of drug-likeness (QED) is 0.486. The van der Waals surface area contributed by atoms with Gasteiger partial charge in [0.1, 0.15) is 22.7 Å². The highest BCUT2D eigenvalue weighted by Gasteiger charge is 2.18. The molecule has 1 amide bonds. The summed E-state index contributed by atoms with van der Waals surface area (Å²) in [6.45, 7) is 1.56. The molecule has 0 radical (unpaired) electrons. The molecule has 0 saturated heterocycles. The van der Waals surface area contributed by atoms with E-state index in [0.29, 0.717) is 33.1 Å². The van der Waals surface area contributed by atoms with E-state index in [1.807, 2.05) is 19.1 Å². The van der Waals surface area contributed by atoms with Crippen molar-refractivity contribution in [3.63, 3.8) is 0 Å². The number of nitrogens with zero attached hydrogens (tertiary/aromatic N) is 2. The second-order valence-electron chi connectivity index (χ2n) is 7.08. The van der Waals surface area contributed by atoms with Crippen LogP contribution in [-0.2, 0) is 11.3 Å². The predicted molar refractivity (Wildman–Crippen MR) is 125 cm³/mol. The highest BCUT2D eigenvalue weighted by molar-refractivity contribution is 7.17. The number of amides is 1. The molecule has 2 heterocycles. The van der Waals surface area contributed by atoms with Gasteiger partial charge in [-0.15, -0.1) is 11.3 Å². The average molecular weight is 452 g/mol. The lowest BCUT2D eigenvalue weighted by Crippen LogP contribution is -2.40. The van der Waals surface area contributed by atoms with Gasteiger partial charge in [0, 0.05) is 23.9 Å². The number of aromatic nitrogens is 2. The number of hydrogen-bond donors (Lipinski definition) is 1. The second kappa shape index (κ2) is 8.72. The zero-order valence-electron chi connectivity index (χ0n) is 17.7. The average Bonchev–Trinajstić information content (AvgIpc) is 3.28. The van der Waals surface area contributed by atoms with Gasteiger partial charge in [0.25, 0.3) is 5.56 Å². The van der Waals surface area contributed by atoms with E-state index in [9.17, 15) is 14.4 Å². The molecule has 0 aliphatic rings. The Labute approximate surface area is 187 Å². The maximum absolute atomic E-state index is 13.4. The van der Waals surface area contributed by atoms with Crippen molar-refractivity contribution in [1.29, 1.82) is 0 Å². The summed E-state index contributed by atoms with van der Waals surface area (Å²) in [5, 5.41) is 4.50. The van der Waals surface area contributed by atoms with E-state index in [0.717, 1.165) is 10.1 Å². The van der Waals surface area contributed by atoms with Crippen LogP contribution in [0.1, 0.15) is 5.56 Å². The summed E-state index contributed by atoms with van der Waals surface area (Å²) in [5.74, 6) is 0.611. The first-order valence-electron chi connectivity index (χ1n) is 9.75. The molecule has 2 aromatic heterocycles.